The third-order valence-corrected chi connectivity index (χ3v) is 6.98. The first-order valence-corrected chi connectivity index (χ1v) is 12.4. The van der Waals surface area contributed by atoms with Gasteiger partial charge in [-0.2, -0.15) is 0 Å². The molecule has 0 saturated carbocycles. The van der Waals surface area contributed by atoms with Crippen molar-refractivity contribution >= 4 is 40.7 Å². The van der Waals surface area contributed by atoms with Gasteiger partial charge in [-0.25, -0.2) is 9.47 Å². The minimum Gasteiger partial charge on any atom is -0.497 e. The maximum absolute atomic E-state index is 12.7. The van der Waals surface area contributed by atoms with Crippen molar-refractivity contribution in [2.75, 3.05) is 30.6 Å². The number of nitrogens with zero attached hydrogens (tertiary/aromatic N) is 3. The van der Waals surface area contributed by atoms with Crippen LogP contribution in [-0.4, -0.2) is 46.2 Å². The number of methoxy groups -OCH3 is 1. The number of ether oxygens (including phenoxy) is 2. The Hall–Kier alpha value is -3.83. The Balaban J connectivity index is 1.46. The van der Waals surface area contributed by atoms with Crippen LogP contribution in [0.15, 0.2) is 65.8 Å². The molecular weight excluding hydrogens is 486 g/mol. The minimum absolute atomic E-state index is 0.0245. The maximum Gasteiger partial charge on any atom is 0.350 e. The number of esters is 1. The highest BCUT2D eigenvalue weighted by atomic mass is 32.2. The Morgan fingerprint density at radius 1 is 1.09 bits per heavy atom. The summed E-state index contributed by atoms with van der Waals surface area (Å²) in [5.41, 5.74) is 2.12. The second-order valence-corrected chi connectivity index (χ2v) is 9.18. The van der Waals surface area contributed by atoms with Gasteiger partial charge in [0.2, 0.25) is 11.1 Å². The number of hydrogen-bond acceptors (Lipinski definition) is 9. The maximum atomic E-state index is 12.7. The van der Waals surface area contributed by atoms with Gasteiger partial charge < -0.3 is 20.6 Å². The lowest BCUT2D eigenvalue weighted by molar-refractivity contribution is -0.113. The average molecular weight is 510 g/mol. The number of rotatable bonds is 9. The number of aromatic nitrogens is 3. The lowest BCUT2D eigenvalue weighted by Crippen LogP contribution is -2.17. The normalized spacial score (nSPS) is 10.7. The zero-order chi connectivity index (χ0) is 24.8. The molecule has 9 nitrogen and oxygen atoms in total. The molecule has 0 fully saturated rings. The fraction of sp³-hybridized carbons (Fsp3) is 0.167. The van der Waals surface area contributed by atoms with Crippen LogP contribution >= 0.6 is 23.1 Å². The molecule has 0 atom stereocenters. The summed E-state index contributed by atoms with van der Waals surface area (Å²) in [4.78, 5) is 26.4. The number of thioether (sulfide) groups is 1. The van der Waals surface area contributed by atoms with E-state index in [1.54, 1.807) is 32.2 Å². The number of nitrogens with one attached hydrogen (secondary N) is 1. The van der Waals surface area contributed by atoms with E-state index >= 15 is 0 Å². The number of anilines is 1. The van der Waals surface area contributed by atoms with Crippen molar-refractivity contribution in [1.82, 2.24) is 14.9 Å². The van der Waals surface area contributed by atoms with Crippen molar-refractivity contribution in [3.05, 3.63) is 65.5 Å². The van der Waals surface area contributed by atoms with Crippen LogP contribution in [0.25, 0.3) is 21.8 Å². The summed E-state index contributed by atoms with van der Waals surface area (Å²) in [7, 11) is 1.59. The Labute approximate surface area is 210 Å². The molecule has 0 aliphatic heterocycles. The van der Waals surface area contributed by atoms with Gasteiger partial charge in [-0.15, -0.1) is 21.5 Å². The van der Waals surface area contributed by atoms with Crippen molar-refractivity contribution in [1.29, 1.82) is 0 Å². The number of carbonyl (C=O) groups excluding carboxylic acids is 2. The highest BCUT2D eigenvalue weighted by Crippen LogP contribution is 2.35. The van der Waals surface area contributed by atoms with Crippen molar-refractivity contribution < 1.29 is 19.1 Å². The molecular formula is C24H23N5O4S2. The van der Waals surface area contributed by atoms with Crippen molar-refractivity contribution in [2.45, 2.75) is 12.1 Å². The first kappa shape index (κ1) is 24.3. The molecule has 2 aromatic carbocycles. The van der Waals surface area contributed by atoms with Gasteiger partial charge in [-0.05, 0) is 42.8 Å². The highest BCUT2D eigenvalue weighted by molar-refractivity contribution is 7.99. The molecule has 1 amide bonds. The first-order valence-electron chi connectivity index (χ1n) is 10.6. The van der Waals surface area contributed by atoms with E-state index in [-0.39, 0.29) is 18.3 Å². The molecule has 11 heteroatoms. The molecule has 0 aliphatic rings. The van der Waals surface area contributed by atoms with Crippen molar-refractivity contribution in [3.63, 3.8) is 0 Å². The molecule has 0 aliphatic carbocycles. The predicted molar refractivity (Wildman–Crippen MR) is 137 cm³/mol. The lowest BCUT2D eigenvalue weighted by atomic mass is 10.2. The Kier molecular flexibility index (Phi) is 7.68. The summed E-state index contributed by atoms with van der Waals surface area (Å²) >= 11 is 2.41. The second-order valence-electron chi connectivity index (χ2n) is 7.18. The van der Waals surface area contributed by atoms with Gasteiger partial charge in [0.1, 0.15) is 10.6 Å². The molecule has 0 bridgehead atoms. The standard InChI is InChI=1S/C24H23N5O4S2/c1-3-33-23(31)21-18(13-19(35-21)15-7-5-4-6-8-15)26-20(30)14-34-24-28-27-22(29(24)25)16-9-11-17(32-2)12-10-16/h4-13H,3,14,25H2,1-2H3,(H,26,30). The van der Waals surface area contributed by atoms with E-state index in [0.717, 1.165) is 27.8 Å². The van der Waals surface area contributed by atoms with Gasteiger partial charge in [-0.1, -0.05) is 42.1 Å². The predicted octanol–water partition coefficient (Wildman–Crippen LogP) is 4.30. The van der Waals surface area contributed by atoms with E-state index in [4.69, 9.17) is 15.3 Å². The van der Waals surface area contributed by atoms with Gasteiger partial charge in [0.25, 0.3) is 0 Å². The fourth-order valence-corrected chi connectivity index (χ4v) is 4.87. The summed E-state index contributed by atoms with van der Waals surface area (Å²) in [6, 6.07) is 18.7. The van der Waals surface area contributed by atoms with E-state index in [0.29, 0.717) is 27.3 Å². The summed E-state index contributed by atoms with van der Waals surface area (Å²) in [6.45, 7) is 1.98. The number of benzene rings is 2. The number of hydrogen-bond donors (Lipinski definition) is 2. The van der Waals surface area contributed by atoms with E-state index in [1.165, 1.54) is 16.0 Å². The minimum atomic E-state index is -0.478. The SMILES string of the molecule is CCOC(=O)c1sc(-c2ccccc2)cc1NC(=O)CSc1nnc(-c2ccc(OC)cc2)n1N. The third kappa shape index (κ3) is 5.64. The van der Waals surface area contributed by atoms with Crippen LogP contribution in [0.5, 0.6) is 5.75 Å². The Morgan fingerprint density at radius 2 is 1.83 bits per heavy atom. The molecule has 180 valence electrons. The number of nitrogen functional groups attached to an aromatic ring is 1. The van der Waals surface area contributed by atoms with Gasteiger partial charge in [0.05, 0.1) is 25.2 Å². The number of amides is 1. The number of carbonyl (C=O) groups is 2. The van der Waals surface area contributed by atoms with Crippen molar-refractivity contribution in [2.24, 2.45) is 0 Å². The third-order valence-electron chi connectivity index (χ3n) is 4.87. The summed E-state index contributed by atoms with van der Waals surface area (Å²) in [5, 5.41) is 11.4. The van der Waals surface area contributed by atoms with Gasteiger partial charge >= 0.3 is 5.97 Å². The van der Waals surface area contributed by atoms with E-state index < -0.39 is 5.97 Å². The van der Waals surface area contributed by atoms with E-state index in [9.17, 15) is 9.59 Å². The van der Waals surface area contributed by atoms with Crippen LogP contribution in [0.2, 0.25) is 0 Å². The smallest absolute Gasteiger partial charge is 0.350 e. The van der Waals surface area contributed by atoms with Crippen LogP contribution in [-0.2, 0) is 9.53 Å². The van der Waals surface area contributed by atoms with Crippen LogP contribution in [0, 0.1) is 0 Å². The second kappa shape index (κ2) is 11.1. The monoisotopic (exact) mass is 509 g/mol. The quantitative estimate of drug-likeness (QED) is 0.195. The molecule has 0 spiro atoms. The Morgan fingerprint density at radius 3 is 2.51 bits per heavy atom. The van der Waals surface area contributed by atoms with Crippen LogP contribution in [0.4, 0.5) is 5.69 Å². The molecule has 3 N–H and O–H groups in total. The Bertz CT molecular complexity index is 1320. The summed E-state index contributed by atoms with van der Waals surface area (Å²) < 4.78 is 11.7. The van der Waals surface area contributed by atoms with Gasteiger partial charge in [0, 0.05) is 10.4 Å². The largest absolute Gasteiger partial charge is 0.497 e. The van der Waals surface area contributed by atoms with Crippen LogP contribution in [0.1, 0.15) is 16.6 Å². The summed E-state index contributed by atoms with van der Waals surface area (Å²) in [5.74, 6) is 6.57. The van der Waals surface area contributed by atoms with E-state index in [2.05, 4.69) is 15.5 Å². The summed E-state index contributed by atoms with van der Waals surface area (Å²) in [6.07, 6.45) is 0. The average Bonchev–Trinajstić information content (AvgIpc) is 3.47. The molecule has 2 heterocycles. The number of nitrogens with two attached hydrogens (primary N) is 1. The van der Waals surface area contributed by atoms with Gasteiger partial charge in [-0.3, -0.25) is 4.79 Å². The highest BCUT2D eigenvalue weighted by Gasteiger charge is 2.21. The molecule has 35 heavy (non-hydrogen) atoms. The topological polar surface area (TPSA) is 121 Å². The van der Waals surface area contributed by atoms with Crippen LogP contribution in [0.3, 0.4) is 0 Å². The first-order chi connectivity index (χ1) is 17.0. The molecule has 4 aromatic rings. The zero-order valence-electron chi connectivity index (χ0n) is 19.1. The van der Waals surface area contributed by atoms with Gasteiger partial charge in [0.15, 0.2) is 5.82 Å². The van der Waals surface area contributed by atoms with E-state index in [1.807, 2.05) is 42.5 Å². The number of thiophene rings is 1. The van der Waals surface area contributed by atoms with Crippen molar-refractivity contribution in [3.8, 4) is 27.6 Å². The lowest BCUT2D eigenvalue weighted by Gasteiger charge is -2.07. The zero-order valence-corrected chi connectivity index (χ0v) is 20.7. The molecule has 0 unspecified atom stereocenters. The molecule has 0 saturated heterocycles. The molecule has 0 radical (unpaired) electrons. The fourth-order valence-electron chi connectivity index (χ4n) is 3.21. The molecule has 2 aromatic heterocycles. The molecule has 4 rings (SSSR count). The van der Waals surface area contributed by atoms with Crippen LogP contribution < -0.4 is 15.9 Å².